The second kappa shape index (κ2) is 3.50. The van der Waals surface area contributed by atoms with Crippen molar-refractivity contribution >= 4 is 5.91 Å². The van der Waals surface area contributed by atoms with Crippen LogP contribution in [0.1, 0.15) is 18.9 Å². The van der Waals surface area contributed by atoms with Crippen molar-refractivity contribution in [1.29, 1.82) is 0 Å². The normalized spacial score (nSPS) is 24.6. The molecule has 86 valence electrons. The van der Waals surface area contributed by atoms with Crippen LogP contribution in [0.4, 0.5) is 13.2 Å². The third kappa shape index (κ3) is 1.66. The lowest BCUT2D eigenvalue weighted by molar-refractivity contribution is -0.119. The summed E-state index contributed by atoms with van der Waals surface area (Å²) in [7, 11) is 0. The summed E-state index contributed by atoms with van der Waals surface area (Å²) in [5.41, 5.74) is -0.979. The molecule has 1 aliphatic heterocycles. The van der Waals surface area contributed by atoms with Gasteiger partial charge in [-0.1, -0.05) is 6.92 Å². The van der Waals surface area contributed by atoms with Gasteiger partial charge in [0.25, 0.3) is 0 Å². The maximum absolute atomic E-state index is 13.5. The Balaban J connectivity index is 2.51. The molecule has 0 bridgehead atoms. The van der Waals surface area contributed by atoms with Crippen LogP contribution in [0.2, 0.25) is 0 Å². The van der Waals surface area contributed by atoms with E-state index in [2.05, 4.69) is 5.32 Å². The van der Waals surface area contributed by atoms with Gasteiger partial charge in [-0.25, -0.2) is 13.2 Å². The van der Waals surface area contributed by atoms with Crippen molar-refractivity contribution in [3.8, 4) is 0 Å². The van der Waals surface area contributed by atoms with Crippen LogP contribution in [0.5, 0.6) is 0 Å². The van der Waals surface area contributed by atoms with E-state index in [1.54, 1.807) is 6.92 Å². The first kappa shape index (κ1) is 11.0. The number of nitrogens with one attached hydrogen (secondary N) is 1. The van der Waals surface area contributed by atoms with Gasteiger partial charge in [0.05, 0.1) is 0 Å². The summed E-state index contributed by atoms with van der Waals surface area (Å²) < 4.78 is 39.6. The molecule has 0 radical (unpaired) electrons. The molecule has 0 spiro atoms. The second-order valence-corrected chi connectivity index (χ2v) is 4.26. The number of carbonyl (C=O) groups is 1. The van der Waals surface area contributed by atoms with Crippen LogP contribution in [0.25, 0.3) is 0 Å². The molecule has 1 unspecified atom stereocenters. The van der Waals surface area contributed by atoms with E-state index in [0.717, 1.165) is 6.07 Å². The minimum Gasteiger partial charge on any atom is -0.355 e. The topological polar surface area (TPSA) is 29.1 Å². The van der Waals surface area contributed by atoms with E-state index in [1.165, 1.54) is 0 Å². The number of hydrogen-bond donors (Lipinski definition) is 1. The Morgan fingerprint density at radius 3 is 2.56 bits per heavy atom. The van der Waals surface area contributed by atoms with Gasteiger partial charge < -0.3 is 5.32 Å². The monoisotopic (exact) mass is 229 g/mol. The van der Waals surface area contributed by atoms with Gasteiger partial charge in [-0.3, -0.25) is 4.79 Å². The van der Waals surface area contributed by atoms with Crippen molar-refractivity contribution in [3.63, 3.8) is 0 Å². The average Bonchev–Trinajstić information content (AvgIpc) is 2.53. The lowest BCUT2D eigenvalue weighted by Gasteiger charge is -2.22. The quantitative estimate of drug-likeness (QED) is 0.732. The van der Waals surface area contributed by atoms with Gasteiger partial charge in [-0.2, -0.15) is 0 Å². The van der Waals surface area contributed by atoms with E-state index in [1.807, 2.05) is 0 Å². The molecular weight excluding hydrogens is 219 g/mol. The van der Waals surface area contributed by atoms with Crippen molar-refractivity contribution in [2.75, 3.05) is 6.54 Å². The summed E-state index contributed by atoms with van der Waals surface area (Å²) in [5, 5.41) is 2.52. The fraction of sp³-hybridized carbons (Fsp3) is 0.364. The van der Waals surface area contributed by atoms with E-state index in [0.29, 0.717) is 6.07 Å². The summed E-state index contributed by atoms with van der Waals surface area (Å²) in [4.78, 5) is 11.1. The van der Waals surface area contributed by atoms with Crippen molar-refractivity contribution in [3.05, 3.63) is 35.1 Å². The van der Waals surface area contributed by atoms with Crippen LogP contribution in [0.15, 0.2) is 12.1 Å². The molecule has 1 aromatic carbocycles. The van der Waals surface area contributed by atoms with E-state index in [-0.39, 0.29) is 24.4 Å². The minimum absolute atomic E-state index is 0.0345. The number of rotatable bonds is 1. The maximum Gasteiger partial charge on any atom is 0.220 e. The van der Waals surface area contributed by atoms with Crippen LogP contribution >= 0.6 is 0 Å². The van der Waals surface area contributed by atoms with Gasteiger partial charge in [0.2, 0.25) is 5.91 Å². The molecule has 1 saturated heterocycles. The van der Waals surface area contributed by atoms with Gasteiger partial charge >= 0.3 is 0 Å². The molecule has 1 atom stereocenters. The summed E-state index contributed by atoms with van der Waals surface area (Å²) in [6.07, 6.45) is 0.0345. The van der Waals surface area contributed by atoms with Gasteiger partial charge in [0, 0.05) is 30.0 Å². The third-order valence-corrected chi connectivity index (χ3v) is 2.87. The molecule has 2 rings (SSSR count). The SMILES string of the molecule is CC1(c2cc(F)cc(F)c2F)CNC(=O)C1. The molecule has 16 heavy (non-hydrogen) atoms. The van der Waals surface area contributed by atoms with Crippen molar-refractivity contribution in [2.24, 2.45) is 0 Å². The fourth-order valence-electron chi connectivity index (χ4n) is 1.96. The molecule has 0 saturated carbocycles. The molecule has 2 nitrogen and oxygen atoms in total. The molecule has 5 heteroatoms. The van der Waals surface area contributed by atoms with Crippen molar-refractivity contribution in [2.45, 2.75) is 18.8 Å². The zero-order valence-corrected chi connectivity index (χ0v) is 8.61. The summed E-state index contributed by atoms with van der Waals surface area (Å²) >= 11 is 0. The molecule has 1 fully saturated rings. The highest BCUT2D eigenvalue weighted by molar-refractivity contribution is 5.80. The first-order valence-corrected chi connectivity index (χ1v) is 4.84. The Labute approximate surface area is 90.5 Å². The highest BCUT2D eigenvalue weighted by Gasteiger charge is 2.38. The number of amides is 1. The van der Waals surface area contributed by atoms with Crippen LogP contribution in [-0.4, -0.2) is 12.5 Å². The second-order valence-electron chi connectivity index (χ2n) is 4.26. The highest BCUT2D eigenvalue weighted by atomic mass is 19.2. The maximum atomic E-state index is 13.5. The Morgan fingerprint density at radius 2 is 2.00 bits per heavy atom. The molecule has 0 aromatic heterocycles. The predicted molar refractivity (Wildman–Crippen MR) is 51.3 cm³/mol. The lowest BCUT2D eigenvalue weighted by Crippen LogP contribution is -2.27. The fourth-order valence-corrected chi connectivity index (χ4v) is 1.96. The first-order chi connectivity index (χ1) is 7.42. The Bertz CT molecular complexity index is 461. The largest absolute Gasteiger partial charge is 0.355 e. The minimum atomic E-state index is -1.23. The van der Waals surface area contributed by atoms with Crippen molar-refractivity contribution < 1.29 is 18.0 Å². The molecule has 1 heterocycles. The van der Waals surface area contributed by atoms with Crippen LogP contribution < -0.4 is 5.32 Å². The standard InChI is InChI=1S/C11H10F3NO/c1-11(4-9(16)15-5-11)7-2-6(12)3-8(13)10(7)14/h2-3H,4-5H2,1H3,(H,15,16). The van der Waals surface area contributed by atoms with Gasteiger partial charge in [0.15, 0.2) is 11.6 Å². The van der Waals surface area contributed by atoms with E-state index >= 15 is 0 Å². The van der Waals surface area contributed by atoms with Crippen LogP contribution in [-0.2, 0) is 10.2 Å². The zero-order chi connectivity index (χ0) is 11.9. The number of hydrogen-bond acceptors (Lipinski definition) is 1. The number of halogens is 3. The number of carbonyl (C=O) groups excluding carboxylic acids is 1. The Hall–Kier alpha value is -1.52. The van der Waals surface area contributed by atoms with E-state index in [4.69, 9.17) is 0 Å². The zero-order valence-electron chi connectivity index (χ0n) is 8.61. The Morgan fingerprint density at radius 1 is 1.31 bits per heavy atom. The molecule has 1 aliphatic rings. The molecular formula is C11H10F3NO. The van der Waals surface area contributed by atoms with Gasteiger partial charge in [0.1, 0.15) is 5.82 Å². The van der Waals surface area contributed by atoms with E-state index < -0.39 is 22.9 Å². The van der Waals surface area contributed by atoms with Crippen LogP contribution in [0, 0.1) is 17.5 Å². The summed E-state index contributed by atoms with van der Waals surface area (Å²) in [5.74, 6) is -3.39. The number of benzene rings is 1. The summed E-state index contributed by atoms with van der Waals surface area (Å²) in [6.45, 7) is 1.79. The molecule has 1 N–H and O–H groups in total. The van der Waals surface area contributed by atoms with Gasteiger partial charge in [-0.05, 0) is 6.07 Å². The highest BCUT2D eigenvalue weighted by Crippen LogP contribution is 2.33. The van der Waals surface area contributed by atoms with E-state index in [9.17, 15) is 18.0 Å². The molecule has 0 aliphatic carbocycles. The van der Waals surface area contributed by atoms with Gasteiger partial charge in [-0.15, -0.1) is 0 Å². The Kier molecular flexibility index (Phi) is 2.40. The smallest absolute Gasteiger partial charge is 0.220 e. The third-order valence-electron chi connectivity index (χ3n) is 2.87. The van der Waals surface area contributed by atoms with Crippen molar-refractivity contribution in [1.82, 2.24) is 5.32 Å². The first-order valence-electron chi connectivity index (χ1n) is 4.84. The predicted octanol–water partition coefficient (Wildman–Crippen LogP) is 1.88. The average molecular weight is 229 g/mol. The van der Waals surface area contributed by atoms with Crippen LogP contribution in [0.3, 0.4) is 0 Å². The summed E-state index contributed by atoms with van der Waals surface area (Å²) in [6, 6.07) is 1.44. The lowest BCUT2D eigenvalue weighted by atomic mass is 9.81. The molecule has 1 amide bonds. The molecule has 1 aromatic rings.